The zero-order chi connectivity index (χ0) is 16.8. The average molecular weight is 394 g/mol. The Morgan fingerprint density at radius 3 is 1.82 bits per heavy atom. The van der Waals surface area contributed by atoms with Crippen molar-refractivity contribution < 1.29 is 11.9 Å². The quantitative estimate of drug-likeness (QED) is 0.445. The summed E-state index contributed by atoms with van der Waals surface area (Å²) in [6, 6.07) is 5.58. The minimum atomic E-state index is -4.68. The fourth-order valence-corrected chi connectivity index (χ4v) is 3.17. The van der Waals surface area contributed by atoms with E-state index in [1.54, 1.807) is 0 Å². The van der Waals surface area contributed by atoms with Gasteiger partial charge in [0.2, 0.25) is 0 Å². The Morgan fingerprint density at radius 2 is 1.41 bits per heavy atom. The molecule has 4 N–H and O–H groups in total. The maximum absolute atomic E-state index is 10.7. The van der Waals surface area contributed by atoms with Gasteiger partial charge in [0.25, 0.3) is 0 Å². The summed E-state index contributed by atoms with van der Waals surface area (Å²) in [4.78, 5) is 0. The van der Waals surface area contributed by atoms with Crippen LogP contribution >= 0.6 is 11.6 Å². The third-order valence-corrected chi connectivity index (χ3v) is 5.51. The summed E-state index contributed by atoms with van der Waals surface area (Å²) >= 11 is 0.832. The molecule has 0 heterocycles. The molecule has 1 rings (SSSR count). The van der Waals surface area contributed by atoms with E-state index in [1.165, 1.54) is 75.6 Å². The molecule has 0 amide bonds. The van der Waals surface area contributed by atoms with Gasteiger partial charge in [-0.25, -0.2) is 0 Å². The van der Waals surface area contributed by atoms with Crippen LogP contribution in [0.4, 0.5) is 0 Å². The number of unbranched alkanes of at least 4 members (excludes halogenated alkanes) is 7. The summed E-state index contributed by atoms with van der Waals surface area (Å²) in [7, 11) is 0. The molecule has 4 nitrogen and oxygen atoms in total. The van der Waals surface area contributed by atoms with Gasteiger partial charge >= 0.3 is 71.3 Å². The van der Waals surface area contributed by atoms with Crippen LogP contribution in [0.1, 0.15) is 58.3 Å². The molecule has 22 heavy (non-hydrogen) atoms. The zero-order valence-electron chi connectivity index (χ0n) is 13.4. The summed E-state index contributed by atoms with van der Waals surface area (Å²) in [6.45, 7) is 3.13. The Labute approximate surface area is 142 Å². The van der Waals surface area contributed by atoms with Crippen molar-refractivity contribution >= 4 is 30.1 Å². The molecule has 0 radical (unpaired) electrons. The molecule has 0 aliphatic carbocycles. The summed E-state index contributed by atoms with van der Waals surface area (Å²) < 4.78 is 28.1. The number of benzene rings is 1. The first-order chi connectivity index (χ1) is 10.4. The summed E-state index contributed by atoms with van der Waals surface area (Å²) in [5.41, 5.74) is 5.39. The topological polar surface area (TPSA) is 83.6 Å². The van der Waals surface area contributed by atoms with Gasteiger partial charge in [-0.3, -0.25) is 0 Å². The number of hydrogen-bond acceptors (Lipinski definition) is 2. The molecular weight excluding hydrogens is 365 g/mol. The molecule has 6 heteroatoms. The molecule has 0 saturated heterocycles. The average Bonchev–Trinajstić information content (AvgIpc) is 2.47. The molecule has 0 aliphatic heterocycles. The Balaban J connectivity index is 0.000000401. The van der Waals surface area contributed by atoms with E-state index in [2.05, 4.69) is 6.92 Å². The predicted octanol–water partition coefficient (Wildman–Crippen LogP) is 2.99. The number of rotatable bonds is 9. The van der Waals surface area contributed by atoms with E-state index in [-0.39, 0.29) is 4.35 Å². The second-order valence-corrected chi connectivity index (χ2v) is 9.09. The van der Waals surface area contributed by atoms with E-state index in [1.807, 2.05) is 0 Å². The van der Waals surface area contributed by atoms with Crippen molar-refractivity contribution in [2.45, 2.75) is 58.3 Å². The van der Waals surface area contributed by atoms with Crippen LogP contribution in [0.25, 0.3) is 0 Å². The van der Waals surface area contributed by atoms with E-state index in [0.717, 1.165) is 6.54 Å². The predicted molar refractivity (Wildman–Crippen MR) is 93.6 cm³/mol. The molecule has 0 atom stereocenters. The van der Waals surface area contributed by atoms with Gasteiger partial charge in [0, 0.05) is 0 Å². The second kappa shape index (κ2) is 13.2. The monoisotopic (exact) mass is 393 g/mol. The van der Waals surface area contributed by atoms with E-state index >= 15 is 0 Å². The van der Waals surface area contributed by atoms with Crippen molar-refractivity contribution in [3.05, 3.63) is 29.3 Å². The van der Waals surface area contributed by atoms with Crippen molar-refractivity contribution in [3.8, 4) is 0 Å². The van der Waals surface area contributed by atoms with Gasteiger partial charge in [-0.15, -0.1) is 0 Å². The van der Waals surface area contributed by atoms with Gasteiger partial charge in [0.05, 0.1) is 0 Å². The first-order valence-corrected chi connectivity index (χ1v) is 11.7. The number of hydrogen-bond donors (Lipinski definition) is 3. The van der Waals surface area contributed by atoms with Crippen LogP contribution in [0.2, 0.25) is 5.02 Å². The van der Waals surface area contributed by atoms with Gasteiger partial charge < -0.3 is 5.73 Å². The first-order valence-electron chi connectivity index (χ1n) is 7.93. The van der Waals surface area contributed by atoms with Crippen LogP contribution < -0.4 is 10.1 Å². The van der Waals surface area contributed by atoms with Gasteiger partial charge in [0.1, 0.15) is 0 Å². The number of nitrogens with two attached hydrogens (primary N) is 1. The Hall–Kier alpha value is -0.252. The zero-order valence-corrected chi connectivity index (χ0v) is 16.0. The molecule has 0 aliphatic rings. The summed E-state index contributed by atoms with van der Waals surface area (Å²) in [5, 5.41) is 0.470. The summed E-state index contributed by atoms with van der Waals surface area (Å²) in [6.07, 6.45) is 11.0. The van der Waals surface area contributed by atoms with Crippen molar-refractivity contribution in [3.63, 3.8) is 0 Å². The van der Waals surface area contributed by atoms with E-state index in [0.29, 0.717) is 5.02 Å². The van der Waals surface area contributed by atoms with Crippen molar-refractivity contribution in [2.24, 2.45) is 5.73 Å². The molecule has 0 fully saturated rings. The molecule has 1 aromatic rings. The molecule has 0 unspecified atom stereocenters. The minimum absolute atomic E-state index is 0.0486. The maximum atomic E-state index is 10.7. The Morgan fingerprint density at radius 1 is 0.955 bits per heavy atom. The van der Waals surface area contributed by atoms with Crippen LogP contribution in [0.5, 0.6) is 0 Å². The molecule has 0 bridgehead atoms. The van der Waals surface area contributed by atoms with Crippen molar-refractivity contribution in [2.75, 3.05) is 6.54 Å². The van der Waals surface area contributed by atoms with Gasteiger partial charge in [-0.1, -0.05) is 51.9 Å². The Kier molecular flexibility index (Phi) is 13.1. The van der Waals surface area contributed by atoms with Crippen LogP contribution in [-0.4, -0.2) is 28.9 Å². The van der Waals surface area contributed by atoms with E-state index in [9.17, 15) is 3.74 Å². The third kappa shape index (κ3) is 12.3. The third-order valence-electron chi connectivity index (χ3n) is 3.22. The van der Waals surface area contributed by atoms with Gasteiger partial charge in [-0.05, 0) is 13.0 Å². The van der Waals surface area contributed by atoms with Gasteiger partial charge in [-0.2, -0.15) is 0 Å². The molecule has 0 saturated carbocycles. The first kappa shape index (κ1) is 21.7. The van der Waals surface area contributed by atoms with Crippen LogP contribution in [0, 0.1) is 0 Å². The normalized spacial score (nSPS) is 11.0. The van der Waals surface area contributed by atoms with Gasteiger partial charge in [0.15, 0.2) is 0 Å². The van der Waals surface area contributed by atoms with Crippen LogP contribution in [0.3, 0.4) is 0 Å². The van der Waals surface area contributed by atoms with Crippen LogP contribution in [0.15, 0.2) is 24.3 Å². The fourth-order valence-electron chi connectivity index (χ4n) is 1.91. The molecule has 0 spiro atoms. The Bertz CT molecular complexity index is 412. The second-order valence-electron chi connectivity index (χ2n) is 5.28. The SMILES string of the molecule is CCCCCCCCCCN.O=[As](O)(O)c1ccc(Cl)cc1. The molecule has 128 valence electrons. The molecule has 1 aromatic carbocycles. The van der Waals surface area contributed by atoms with E-state index in [4.69, 9.17) is 25.5 Å². The van der Waals surface area contributed by atoms with Crippen molar-refractivity contribution in [1.29, 1.82) is 0 Å². The molecular formula is C16H29AsClNO3. The van der Waals surface area contributed by atoms with E-state index < -0.39 is 14.2 Å². The summed E-state index contributed by atoms with van der Waals surface area (Å²) in [5.74, 6) is 0. The standard InChI is InChI=1S/C10H23N.C6H6AsClO3/c1-2-3-4-5-6-7-8-9-10-11;8-6-3-1-5(2-4-6)7(9,10)11/h2-11H2,1H3;1-4H,(H2,9,10,11). The van der Waals surface area contributed by atoms with Crippen molar-refractivity contribution in [1.82, 2.24) is 0 Å². The molecule has 0 aromatic heterocycles. The fraction of sp³-hybridized carbons (Fsp3) is 0.625. The number of halogens is 1. The van der Waals surface area contributed by atoms with Crippen LogP contribution in [-0.2, 0) is 3.74 Å².